The minimum absolute atomic E-state index is 0.156. The van der Waals surface area contributed by atoms with Crippen molar-refractivity contribution in [2.75, 3.05) is 26.1 Å². The van der Waals surface area contributed by atoms with Gasteiger partial charge in [0.1, 0.15) is 5.82 Å². The Morgan fingerprint density at radius 1 is 1.23 bits per heavy atom. The number of hydrogen-bond acceptors (Lipinski definition) is 6. The van der Waals surface area contributed by atoms with Gasteiger partial charge < -0.3 is 19.5 Å². The van der Waals surface area contributed by atoms with Crippen LogP contribution in [0.1, 0.15) is 29.7 Å². The van der Waals surface area contributed by atoms with Crippen LogP contribution in [0.2, 0.25) is 5.02 Å². The second-order valence-electron chi connectivity index (χ2n) is 6.43. The molecular formula is C21H21ClFNO5S. The first-order valence-corrected chi connectivity index (χ1v) is 10.5. The Kier molecular flexibility index (Phi) is 7.10. The SMILES string of the molecule is CCOC(=O)C[C@H]1S[C@H](c2c(F)ccc(OC)c2OC)c2cc(Cl)ccc2NC1=O. The van der Waals surface area contributed by atoms with Crippen molar-refractivity contribution in [2.45, 2.75) is 23.8 Å². The number of anilines is 1. The minimum Gasteiger partial charge on any atom is -0.493 e. The average Bonchev–Trinajstić information content (AvgIpc) is 2.84. The number of fused-ring (bicyclic) bond motifs is 1. The van der Waals surface area contributed by atoms with Crippen LogP contribution in [0.15, 0.2) is 30.3 Å². The van der Waals surface area contributed by atoms with Crippen LogP contribution >= 0.6 is 23.4 Å². The van der Waals surface area contributed by atoms with Gasteiger partial charge in [0, 0.05) is 10.7 Å². The first-order chi connectivity index (χ1) is 14.4. The van der Waals surface area contributed by atoms with Gasteiger partial charge in [-0.05, 0) is 42.8 Å². The Balaban J connectivity index is 2.16. The second kappa shape index (κ2) is 9.57. The summed E-state index contributed by atoms with van der Waals surface area (Å²) in [4.78, 5) is 24.9. The normalized spacial score (nSPS) is 18.1. The molecule has 0 saturated carbocycles. The Morgan fingerprint density at radius 3 is 2.67 bits per heavy atom. The van der Waals surface area contributed by atoms with Gasteiger partial charge in [0.05, 0.1) is 43.3 Å². The van der Waals surface area contributed by atoms with E-state index in [1.54, 1.807) is 25.1 Å². The monoisotopic (exact) mass is 453 g/mol. The summed E-state index contributed by atoms with van der Waals surface area (Å²) in [7, 11) is 2.87. The third kappa shape index (κ3) is 4.49. The van der Waals surface area contributed by atoms with Gasteiger partial charge in [-0.2, -0.15) is 0 Å². The van der Waals surface area contributed by atoms with Gasteiger partial charge in [0.15, 0.2) is 11.5 Å². The van der Waals surface area contributed by atoms with E-state index in [0.29, 0.717) is 22.0 Å². The molecule has 9 heteroatoms. The maximum absolute atomic E-state index is 15.1. The lowest BCUT2D eigenvalue weighted by molar-refractivity contribution is -0.143. The highest BCUT2D eigenvalue weighted by molar-refractivity contribution is 8.01. The van der Waals surface area contributed by atoms with Crippen molar-refractivity contribution >= 4 is 40.9 Å². The maximum atomic E-state index is 15.1. The Morgan fingerprint density at radius 2 is 2.00 bits per heavy atom. The summed E-state index contributed by atoms with van der Waals surface area (Å²) < 4.78 is 30.9. The molecule has 3 rings (SSSR count). The minimum atomic E-state index is -0.810. The van der Waals surface area contributed by atoms with Crippen LogP contribution in [0.25, 0.3) is 0 Å². The number of ether oxygens (including phenoxy) is 3. The maximum Gasteiger partial charge on any atom is 0.307 e. The highest BCUT2D eigenvalue weighted by Gasteiger charge is 2.36. The van der Waals surface area contributed by atoms with Crippen molar-refractivity contribution in [3.63, 3.8) is 0 Å². The molecule has 0 saturated heterocycles. The van der Waals surface area contributed by atoms with Crippen molar-refractivity contribution in [3.8, 4) is 11.5 Å². The molecule has 1 aliphatic rings. The lowest BCUT2D eigenvalue weighted by atomic mass is 10.0. The van der Waals surface area contributed by atoms with Crippen molar-refractivity contribution < 1.29 is 28.2 Å². The highest BCUT2D eigenvalue weighted by atomic mass is 35.5. The predicted octanol–water partition coefficient (Wildman–Crippen LogP) is 4.59. The molecule has 1 aliphatic heterocycles. The van der Waals surface area contributed by atoms with E-state index in [1.165, 1.54) is 26.4 Å². The fourth-order valence-corrected chi connectivity index (χ4v) is 4.90. The van der Waals surface area contributed by atoms with E-state index in [9.17, 15) is 9.59 Å². The van der Waals surface area contributed by atoms with Crippen LogP contribution in [0, 0.1) is 5.82 Å². The second-order valence-corrected chi connectivity index (χ2v) is 8.18. The summed E-state index contributed by atoms with van der Waals surface area (Å²) >= 11 is 7.34. The molecule has 2 aromatic carbocycles. The number of nitrogens with one attached hydrogen (secondary N) is 1. The van der Waals surface area contributed by atoms with Crippen LogP contribution in [-0.2, 0) is 14.3 Å². The van der Waals surface area contributed by atoms with Crippen molar-refractivity contribution in [1.82, 2.24) is 0 Å². The van der Waals surface area contributed by atoms with E-state index >= 15 is 4.39 Å². The van der Waals surface area contributed by atoms with Gasteiger partial charge >= 0.3 is 5.97 Å². The van der Waals surface area contributed by atoms with Crippen LogP contribution in [0.4, 0.5) is 10.1 Å². The zero-order chi connectivity index (χ0) is 21.8. The molecule has 0 radical (unpaired) electrons. The van der Waals surface area contributed by atoms with E-state index < -0.39 is 22.3 Å². The first-order valence-electron chi connectivity index (χ1n) is 9.21. The van der Waals surface area contributed by atoms with E-state index in [0.717, 1.165) is 11.8 Å². The molecular weight excluding hydrogens is 433 g/mol. The molecule has 0 unspecified atom stereocenters. The number of methoxy groups -OCH3 is 2. The lowest BCUT2D eigenvalue weighted by Gasteiger charge is -2.23. The van der Waals surface area contributed by atoms with Gasteiger partial charge in [-0.25, -0.2) is 4.39 Å². The summed E-state index contributed by atoms with van der Waals surface area (Å²) in [5.74, 6) is -0.846. The Labute approximate surface area is 183 Å². The van der Waals surface area contributed by atoms with Crippen LogP contribution in [0.3, 0.4) is 0 Å². The van der Waals surface area contributed by atoms with Crippen molar-refractivity contribution in [2.24, 2.45) is 0 Å². The van der Waals surface area contributed by atoms with Crippen LogP contribution in [-0.4, -0.2) is 38.0 Å². The van der Waals surface area contributed by atoms with Gasteiger partial charge in [0.2, 0.25) is 5.91 Å². The summed E-state index contributed by atoms with van der Waals surface area (Å²) in [6, 6.07) is 7.70. The summed E-state index contributed by atoms with van der Waals surface area (Å²) in [6.45, 7) is 1.89. The molecule has 2 aromatic rings. The molecule has 0 fully saturated rings. The van der Waals surface area contributed by atoms with Crippen LogP contribution in [0.5, 0.6) is 11.5 Å². The largest absolute Gasteiger partial charge is 0.493 e. The van der Waals surface area contributed by atoms with Crippen molar-refractivity contribution in [1.29, 1.82) is 0 Å². The number of carbonyl (C=O) groups excluding carboxylic acids is 2. The standard InChI is InChI=1S/C21H21ClFNO5S/c1-4-29-17(25)10-16-21(26)24-14-7-5-11(22)9-12(14)20(30-16)18-13(23)6-8-15(27-2)19(18)28-3/h5-9,16,20H,4,10H2,1-3H3,(H,24,26)/t16-,20+/m1/s1. The Bertz CT molecular complexity index is 971. The van der Waals surface area contributed by atoms with E-state index in [2.05, 4.69) is 5.32 Å². The zero-order valence-corrected chi connectivity index (χ0v) is 18.2. The molecule has 30 heavy (non-hydrogen) atoms. The zero-order valence-electron chi connectivity index (χ0n) is 16.7. The molecule has 160 valence electrons. The van der Waals surface area contributed by atoms with E-state index in [4.69, 9.17) is 25.8 Å². The molecule has 0 aliphatic carbocycles. The molecule has 1 N–H and O–H groups in total. The van der Waals surface area contributed by atoms with Gasteiger partial charge in [-0.1, -0.05) is 11.6 Å². The van der Waals surface area contributed by atoms with Gasteiger partial charge in [-0.3, -0.25) is 9.59 Å². The quantitative estimate of drug-likeness (QED) is 0.645. The number of hydrogen-bond donors (Lipinski definition) is 1. The first kappa shape index (κ1) is 22.2. The summed E-state index contributed by atoms with van der Waals surface area (Å²) in [5.41, 5.74) is 1.28. The molecule has 2 atom stereocenters. The average molecular weight is 454 g/mol. The number of amides is 1. The lowest BCUT2D eigenvalue weighted by Crippen LogP contribution is -2.27. The van der Waals surface area contributed by atoms with E-state index in [-0.39, 0.29) is 30.2 Å². The van der Waals surface area contributed by atoms with Crippen molar-refractivity contribution in [3.05, 3.63) is 52.3 Å². The van der Waals surface area contributed by atoms with E-state index in [1.807, 2.05) is 0 Å². The number of halogens is 2. The molecule has 0 bridgehead atoms. The molecule has 1 heterocycles. The molecule has 6 nitrogen and oxygen atoms in total. The Hall–Kier alpha value is -2.45. The predicted molar refractivity (Wildman–Crippen MR) is 114 cm³/mol. The molecule has 0 spiro atoms. The van der Waals surface area contributed by atoms with Gasteiger partial charge in [0.25, 0.3) is 0 Å². The number of carbonyl (C=O) groups is 2. The smallest absolute Gasteiger partial charge is 0.307 e. The number of benzene rings is 2. The topological polar surface area (TPSA) is 73.9 Å². The fraction of sp³-hybridized carbons (Fsp3) is 0.333. The fourth-order valence-electron chi connectivity index (χ4n) is 3.28. The van der Waals surface area contributed by atoms with Crippen LogP contribution < -0.4 is 14.8 Å². The number of thioether (sulfide) groups is 1. The third-order valence-corrected chi connectivity index (χ3v) is 6.30. The highest BCUT2D eigenvalue weighted by Crippen LogP contribution is 2.51. The number of esters is 1. The molecule has 1 amide bonds. The number of rotatable bonds is 6. The molecule has 0 aromatic heterocycles. The summed E-state index contributed by atoms with van der Waals surface area (Å²) in [6.07, 6.45) is -0.156. The van der Waals surface area contributed by atoms with Gasteiger partial charge in [-0.15, -0.1) is 11.8 Å². The third-order valence-electron chi connectivity index (χ3n) is 4.60. The summed E-state index contributed by atoms with van der Waals surface area (Å²) in [5, 5.41) is 1.74.